The molecule has 2 saturated carbocycles. The lowest BCUT2D eigenvalue weighted by atomic mass is 10.8. The molecular weight excluding hydrogens is 152 g/mol. The molecule has 0 heterocycles. The van der Waals surface area contributed by atoms with Gasteiger partial charge in [-0.15, -0.1) is 0 Å². The second-order valence-corrected chi connectivity index (χ2v) is 9.79. The summed E-state index contributed by atoms with van der Waals surface area (Å²) in [5, 5.41) is 9.75. The quantitative estimate of drug-likeness (QED) is 0.644. The molecule has 0 bridgehead atoms. The van der Waals surface area contributed by atoms with E-state index in [4.69, 9.17) is 0 Å². The third-order valence-corrected chi connectivity index (χ3v) is 10.3. The third-order valence-electron chi connectivity index (χ3n) is 3.81. The molecule has 2 aliphatic carbocycles. The molecule has 2 fully saturated rings. The van der Waals surface area contributed by atoms with Crippen LogP contribution < -0.4 is 0 Å². The van der Waals surface area contributed by atoms with Crippen LogP contribution in [0.5, 0.6) is 0 Å². The molecule has 1 nitrogen and oxygen atoms in total. The van der Waals surface area contributed by atoms with E-state index in [-0.39, 0.29) is 5.73 Å². The highest BCUT2D eigenvalue weighted by atomic mass is 28.3. The van der Waals surface area contributed by atoms with E-state index in [1.54, 1.807) is 0 Å². The summed E-state index contributed by atoms with van der Waals surface area (Å²) in [6, 6.07) is 0. The average molecular weight is 170 g/mol. The van der Waals surface area contributed by atoms with Crippen LogP contribution in [-0.4, -0.2) is 18.9 Å². The summed E-state index contributed by atoms with van der Waals surface area (Å²) in [4.78, 5) is 0. The van der Waals surface area contributed by atoms with Crippen molar-refractivity contribution in [3.05, 3.63) is 0 Å². The van der Waals surface area contributed by atoms with Gasteiger partial charge in [0.2, 0.25) is 0 Å². The van der Waals surface area contributed by atoms with Gasteiger partial charge >= 0.3 is 0 Å². The predicted octanol–water partition coefficient (Wildman–Crippen LogP) is 2.31. The van der Waals surface area contributed by atoms with Crippen molar-refractivity contribution in [1.29, 1.82) is 0 Å². The summed E-state index contributed by atoms with van der Waals surface area (Å²) in [5.74, 6) is 0. The molecule has 11 heavy (non-hydrogen) atoms. The van der Waals surface area contributed by atoms with E-state index >= 15 is 0 Å². The molecule has 0 aromatic carbocycles. The Morgan fingerprint density at radius 2 is 1.55 bits per heavy atom. The average Bonchev–Trinajstić information content (AvgIpc) is 2.79. The Balaban J connectivity index is 2.10. The maximum Gasteiger partial charge on any atom is 0.0899 e. The summed E-state index contributed by atoms with van der Waals surface area (Å²) in [6.45, 7) is 4.45. The van der Waals surface area contributed by atoms with Crippen molar-refractivity contribution < 1.29 is 5.11 Å². The highest BCUT2D eigenvalue weighted by Crippen LogP contribution is 2.59. The highest BCUT2D eigenvalue weighted by Gasteiger charge is 2.55. The largest absolute Gasteiger partial charge is 0.397 e. The SMILES string of the molecule is CC(O)[Si](C)(C1CC1)C1CC1. The normalized spacial score (nSPS) is 28.6. The third kappa shape index (κ3) is 1.16. The van der Waals surface area contributed by atoms with Gasteiger partial charge < -0.3 is 5.11 Å². The van der Waals surface area contributed by atoms with Crippen molar-refractivity contribution in [2.24, 2.45) is 0 Å². The Labute approximate surface area is 69.8 Å². The first kappa shape index (κ1) is 7.81. The Hall–Kier alpha value is 0.177. The lowest BCUT2D eigenvalue weighted by molar-refractivity contribution is 0.261. The standard InChI is InChI=1S/C9H18OSi/c1-7(10)11(2,8-3-4-8)9-5-6-9/h7-10H,3-6H2,1-2H3. The van der Waals surface area contributed by atoms with Gasteiger partial charge in [0.1, 0.15) is 0 Å². The van der Waals surface area contributed by atoms with Gasteiger partial charge in [-0.05, 0) is 18.0 Å². The molecular formula is C9H18OSi. The van der Waals surface area contributed by atoms with Gasteiger partial charge in [-0.2, -0.15) is 0 Å². The minimum Gasteiger partial charge on any atom is -0.397 e. The fourth-order valence-electron chi connectivity index (χ4n) is 2.43. The van der Waals surface area contributed by atoms with Gasteiger partial charge in [-0.25, -0.2) is 0 Å². The van der Waals surface area contributed by atoms with Gasteiger partial charge in [-0.3, -0.25) is 0 Å². The van der Waals surface area contributed by atoms with Crippen LogP contribution in [0.15, 0.2) is 0 Å². The zero-order chi connectivity index (χ0) is 8.06. The molecule has 1 N–H and O–H groups in total. The van der Waals surface area contributed by atoms with Crippen LogP contribution in [0.1, 0.15) is 32.6 Å². The Bertz CT molecular complexity index is 141. The zero-order valence-corrected chi connectivity index (χ0v) is 8.51. The summed E-state index contributed by atoms with van der Waals surface area (Å²) in [7, 11) is -1.20. The summed E-state index contributed by atoms with van der Waals surface area (Å²) < 4.78 is 0. The first-order valence-electron chi connectivity index (χ1n) is 4.83. The zero-order valence-electron chi connectivity index (χ0n) is 7.51. The number of rotatable bonds is 3. The monoisotopic (exact) mass is 170 g/mol. The lowest BCUT2D eigenvalue weighted by Gasteiger charge is -2.30. The first-order chi connectivity index (χ1) is 5.15. The van der Waals surface area contributed by atoms with Crippen LogP contribution in [0.2, 0.25) is 17.6 Å². The van der Waals surface area contributed by atoms with Gasteiger partial charge in [0, 0.05) is 5.73 Å². The Kier molecular flexibility index (Phi) is 1.65. The van der Waals surface area contributed by atoms with Gasteiger partial charge in [0.15, 0.2) is 0 Å². The molecule has 1 atom stereocenters. The molecule has 2 aliphatic rings. The maximum absolute atomic E-state index is 9.75. The number of aliphatic hydroxyl groups excluding tert-OH is 1. The van der Waals surface area contributed by atoms with E-state index in [0.717, 1.165) is 11.1 Å². The van der Waals surface area contributed by atoms with E-state index in [1.807, 2.05) is 6.92 Å². The molecule has 1 unspecified atom stereocenters. The molecule has 0 amide bonds. The molecule has 0 saturated heterocycles. The first-order valence-corrected chi connectivity index (χ1v) is 7.57. The minimum absolute atomic E-state index is 0.0440. The number of hydrogen-bond acceptors (Lipinski definition) is 1. The van der Waals surface area contributed by atoms with Crippen molar-refractivity contribution in [3.63, 3.8) is 0 Å². The van der Waals surface area contributed by atoms with Crippen LogP contribution in [-0.2, 0) is 0 Å². The number of aliphatic hydroxyl groups is 1. The van der Waals surface area contributed by atoms with E-state index in [9.17, 15) is 5.11 Å². The van der Waals surface area contributed by atoms with Crippen molar-refractivity contribution in [3.8, 4) is 0 Å². The second-order valence-electron chi connectivity index (χ2n) is 4.59. The topological polar surface area (TPSA) is 20.2 Å². The van der Waals surface area contributed by atoms with Crippen LogP contribution in [0.25, 0.3) is 0 Å². The molecule has 2 rings (SSSR count). The van der Waals surface area contributed by atoms with Crippen molar-refractivity contribution >= 4 is 8.07 Å². The molecule has 0 spiro atoms. The van der Waals surface area contributed by atoms with E-state index in [1.165, 1.54) is 25.7 Å². The highest BCUT2D eigenvalue weighted by molar-refractivity contribution is 6.83. The van der Waals surface area contributed by atoms with Crippen molar-refractivity contribution in [2.75, 3.05) is 0 Å². The van der Waals surface area contributed by atoms with Crippen LogP contribution >= 0.6 is 0 Å². The van der Waals surface area contributed by atoms with Crippen molar-refractivity contribution in [1.82, 2.24) is 0 Å². The van der Waals surface area contributed by atoms with Crippen LogP contribution in [0, 0.1) is 0 Å². The fourth-order valence-corrected chi connectivity index (χ4v) is 7.28. The maximum atomic E-state index is 9.75. The lowest BCUT2D eigenvalue weighted by Crippen LogP contribution is -2.44. The summed E-state index contributed by atoms with van der Waals surface area (Å²) >= 11 is 0. The smallest absolute Gasteiger partial charge is 0.0899 e. The molecule has 64 valence electrons. The molecule has 0 aromatic heterocycles. The Morgan fingerprint density at radius 3 is 1.73 bits per heavy atom. The van der Waals surface area contributed by atoms with Crippen molar-refractivity contribution in [2.45, 2.75) is 56.0 Å². The van der Waals surface area contributed by atoms with Gasteiger partial charge in [0.25, 0.3) is 0 Å². The Morgan fingerprint density at radius 1 is 1.18 bits per heavy atom. The van der Waals surface area contributed by atoms with E-state index in [2.05, 4.69) is 6.55 Å². The van der Waals surface area contributed by atoms with E-state index < -0.39 is 8.07 Å². The van der Waals surface area contributed by atoms with E-state index in [0.29, 0.717) is 0 Å². The summed E-state index contributed by atoms with van der Waals surface area (Å²) in [6.07, 6.45) is 5.68. The second kappa shape index (κ2) is 2.33. The van der Waals surface area contributed by atoms with Gasteiger partial charge in [0.05, 0.1) is 8.07 Å². The molecule has 0 aliphatic heterocycles. The molecule has 2 heteroatoms. The minimum atomic E-state index is -1.20. The molecule has 0 radical (unpaired) electrons. The van der Waals surface area contributed by atoms with Crippen LogP contribution in [0.3, 0.4) is 0 Å². The fraction of sp³-hybridized carbons (Fsp3) is 1.00. The molecule has 0 aromatic rings. The predicted molar refractivity (Wildman–Crippen MR) is 49.3 cm³/mol. The van der Waals surface area contributed by atoms with Gasteiger partial charge in [-0.1, -0.05) is 32.2 Å². The number of hydrogen-bond donors (Lipinski definition) is 1. The van der Waals surface area contributed by atoms with Crippen LogP contribution in [0.4, 0.5) is 0 Å². The summed E-state index contributed by atoms with van der Waals surface area (Å²) in [5.41, 5.74) is 2.01.